The van der Waals surface area contributed by atoms with Crippen molar-refractivity contribution in [3.63, 3.8) is 0 Å². The second-order valence-corrected chi connectivity index (χ2v) is 8.33. The average Bonchev–Trinajstić information content (AvgIpc) is 2.82. The molecule has 38 heavy (non-hydrogen) atoms. The summed E-state index contributed by atoms with van der Waals surface area (Å²) in [6, 6.07) is 8.77. The van der Waals surface area contributed by atoms with Crippen LogP contribution in [0.2, 0.25) is 0 Å². The number of carbonyl (C=O) groups is 4. The standard InChI is InChI=1S/C26H28N2O10/c29-21-5-1-17(3-7-23(31)32)11-19(21)13-27(15-25(35)36)9-10-28(16-26(37)38)14-20-12-18(2-6-22(20)30)4-8-24(33)34/h1-8,11-12,29-30H,9-10,13-16H2,(H,31,32)(H,33,34)(H,35,36)(H,37,38)/b7-3-,8-4+. The third-order valence-electron chi connectivity index (χ3n) is 5.28. The fourth-order valence-corrected chi connectivity index (χ4v) is 3.58. The van der Waals surface area contributed by atoms with Crippen molar-refractivity contribution in [2.24, 2.45) is 0 Å². The number of hydrogen-bond donors (Lipinski definition) is 6. The van der Waals surface area contributed by atoms with E-state index in [-0.39, 0.29) is 37.7 Å². The smallest absolute Gasteiger partial charge is 0.328 e. The van der Waals surface area contributed by atoms with Crippen LogP contribution in [0.15, 0.2) is 48.6 Å². The van der Waals surface area contributed by atoms with Crippen LogP contribution >= 0.6 is 0 Å². The third kappa shape index (κ3) is 10.5. The number of carboxylic acids is 4. The first-order valence-electron chi connectivity index (χ1n) is 11.3. The molecule has 12 heteroatoms. The third-order valence-corrected chi connectivity index (χ3v) is 5.28. The Bertz CT molecular complexity index is 1140. The topological polar surface area (TPSA) is 196 Å². The Hall–Kier alpha value is -4.68. The summed E-state index contributed by atoms with van der Waals surface area (Å²) < 4.78 is 0. The number of phenolic OH excluding ortho intramolecular Hbond substituents is 2. The second kappa shape index (κ2) is 14.2. The zero-order valence-electron chi connectivity index (χ0n) is 20.2. The maximum Gasteiger partial charge on any atom is 0.328 e. The van der Waals surface area contributed by atoms with Gasteiger partial charge >= 0.3 is 23.9 Å². The van der Waals surface area contributed by atoms with Crippen molar-refractivity contribution in [2.75, 3.05) is 26.2 Å². The molecule has 2 aromatic rings. The first kappa shape index (κ1) is 29.5. The Balaban J connectivity index is 2.22. The van der Waals surface area contributed by atoms with E-state index in [1.165, 1.54) is 58.4 Å². The van der Waals surface area contributed by atoms with E-state index in [1.54, 1.807) is 0 Å². The Morgan fingerprint density at radius 3 is 1.32 bits per heavy atom. The minimum Gasteiger partial charge on any atom is -0.508 e. The zero-order chi connectivity index (χ0) is 28.2. The van der Waals surface area contributed by atoms with Crippen LogP contribution < -0.4 is 0 Å². The number of nitrogens with zero attached hydrogens (tertiary/aromatic N) is 2. The Kier molecular flexibility index (Phi) is 11.0. The molecular weight excluding hydrogens is 500 g/mol. The molecule has 2 aromatic carbocycles. The van der Waals surface area contributed by atoms with Gasteiger partial charge in [-0.1, -0.05) is 12.1 Å². The highest BCUT2D eigenvalue weighted by Crippen LogP contribution is 2.23. The maximum absolute atomic E-state index is 11.5. The fourth-order valence-electron chi connectivity index (χ4n) is 3.58. The van der Waals surface area contributed by atoms with Gasteiger partial charge in [-0.25, -0.2) is 9.59 Å². The molecule has 0 spiro atoms. The molecule has 0 unspecified atom stereocenters. The van der Waals surface area contributed by atoms with E-state index < -0.39 is 37.0 Å². The average molecular weight is 529 g/mol. The van der Waals surface area contributed by atoms with Crippen LogP contribution in [-0.4, -0.2) is 90.5 Å². The van der Waals surface area contributed by atoms with E-state index in [1.807, 2.05) is 0 Å². The Labute approximate surface area is 217 Å². The van der Waals surface area contributed by atoms with Gasteiger partial charge in [-0.3, -0.25) is 19.4 Å². The molecule has 0 amide bonds. The van der Waals surface area contributed by atoms with E-state index >= 15 is 0 Å². The summed E-state index contributed by atoms with van der Waals surface area (Å²) in [6.07, 6.45) is 4.51. The molecule has 0 fully saturated rings. The molecule has 6 N–H and O–H groups in total. The molecule has 0 aliphatic carbocycles. The number of hydrogen-bond acceptors (Lipinski definition) is 8. The van der Waals surface area contributed by atoms with Gasteiger partial charge in [-0.15, -0.1) is 0 Å². The molecular formula is C26H28N2O10. The molecule has 0 saturated carbocycles. The summed E-state index contributed by atoms with van der Waals surface area (Å²) in [5, 5.41) is 56.9. The zero-order valence-corrected chi connectivity index (χ0v) is 20.2. The number of carboxylic acid groups (broad SMARTS) is 4. The second-order valence-electron chi connectivity index (χ2n) is 8.33. The van der Waals surface area contributed by atoms with Gasteiger partial charge in [0.1, 0.15) is 11.5 Å². The van der Waals surface area contributed by atoms with Crippen LogP contribution in [0.4, 0.5) is 0 Å². The van der Waals surface area contributed by atoms with Crippen molar-refractivity contribution >= 4 is 36.0 Å². The molecule has 0 aliphatic rings. The Morgan fingerprint density at radius 2 is 1.00 bits per heavy atom. The van der Waals surface area contributed by atoms with Crippen molar-refractivity contribution in [1.29, 1.82) is 0 Å². The predicted octanol–water partition coefficient (Wildman–Crippen LogP) is 1.77. The highest BCUT2D eigenvalue weighted by atomic mass is 16.4. The van der Waals surface area contributed by atoms with Gasteiger partial charge in [0.25, 0.3) is 0 Å². The maximum atomic E-state index is 11.5. The largest absolute Gasteiger partial charge is 0.508 e. The number of rotatable bonds is 15. The van der Waals surface area contributed by atoms with Gasteiger partial charge in [-0.05, 0) is 47.5 Å². The van der Waals surface area contributed by atoms with Crippen LogP contribution in [0.1, 0.15) is 22.3 Å². The minimum absolute atomic E-state index is 0.0193. The van der Waals surface area contributed by atoms with Crippen molar-refractivity contribution < 1.29 is 49.8 Å². The lowest BCUT2D eigenvalue weighted by Crippen LogP contribution is -2.39. The summed E-state index contributed by atoms with van der Waals surface area (Å²) in [5.74, 6) is -4.84. The van der Waals surface area contributed by atoms with Crippen molar-refractivity contribution in [1.82, 2.24) is 9.80 Å². The van der Waals surface area contributed by atoms with E-state index in [2.05, 4.69) is 0 Å². The van der Waals surface area contributed by atoms with Crippen LogP contribution in [0.25, 0.3) is 12.2 Å². The van der Waals surface area contributed by atoms with Gasteiger partial charge in [0.15, 0.2) is 0 Å². The highest BCUT2D eigenvalue weighted by Gasteiger charge is 2.18. The molecule has 202 valence electrons. The number of aliphatic carboxylic acids is 4. The van der Waals surface area contributed by atoms with E-state index in [0.29, 0.717) is 22.3 Å². The van der Waals surface area contributed by atoms with Gasteiger partial charge < -0.3 is 30.6 Å². The molecule has 12 nitrogen and oxygen atoms in total. The number of benzene rings is 2. The first-order chi connectivity index (χ1) is 17.9. The van der Waals surface area contributed by atoms with Crippen molar-refractivity contribution in [3.05, 3.63) is 70.8 Å². The lowest BCUT2D eigenvalue weighted by atomic mass is 10.1. The van der Waals surface area contributed by atoms with Crippen LogP contribution in [0.5, 0.6) is 11.5 Å². The van der Waals surface area contributed by atoms with E-state index in [4.69, 9.17) is 10.2 Å². The van der Waals surface area contributed by atoms with Gasteiger partial charge in [0.2, 0.25) is 0 Å². The van der Waals surface area contributed by atoms with E-state index in [0.717, 1.165) is 12.2 Å². The molecule has 0 atom stereocenters. The van der Waals surface area contributed by atoms with Crippen molar-refractivity contribution in [3.8, 4) is 11.5 Å². The summed E-state index contributed by atoms with van der Waals surface area (Å²) in [7, 11) is 0. The summed E-state index contributed by atoms with van der Waals surface area (Å²) in [6.45, 7) is -0.725. The lowest BCUT2D eigenvalue weighted by molar-refractivity contribution is -0.140. The summed E-state index contributed by atoms with van der Waals surface area (Å²) in [5.41, 5.74) is 1.66. The monoisotopic (exact) mass is 528 g/mol. The van der Waals surface area contributed by atoms with Crippen LogP contribution in [0, 0.1) is 0 Å². The highest BCUT2D eigenvalue weighted by molar-refractivity contribution is 5.85. The Morgan fingerprint density at radius 1 is 0.632 bits per heavy atom. The van der Waals surface area contributed by atoms with E-state index in [9.17, 15) is 39.6 Å². The first-order valence-corrected chi connectivity index (χ1v) is 11.3. The van der Waals surface area contributed by atoms with Crippen LogP contribution in [-0.2, 0) is 32.3 Å². The van der Waals surface area contributed by atoms with Crippen molar-refractivity contribution in [2.45, 2.75) is 13.1 Å². The molecule has 0 aromatic heterocycles. The number of aromatic hydroxyl groups is 2. The minimum atomic E-state index is -1.15. The molecule has 0 aliphatic heterocycles. The number of phenols is 2. The van der Waals surface area contributed by atoms with Crippen LogP contribution in [0.3, 0.4) is 0 Å². The molecule has 0 radical (unpaired) electrons. The summed E-state index contributed by atoms with van der Waals surface area (Å²) >= 11 is 0. The van der Waals surface area contributed by atoms with Gasteiger partial charge in [0, 0.05) is 49.5 Å². The SMILES string of the molecule is O=C(O)/C=C\c1ccc(O)c(CN(CCN(CC(=O)O)Cc2cc(/C=C/C(=O)O)ccc2O)CC(=O)O)c1. The normalized spacial score (nSPS) is 11.5. The van der Waals surface area contributed by atoms with Gasteiger partial charge in [-0.2, -0.15) is 0 Å². The quantitative estimate of drug-likeness (QED) is 0.184. The lowest BCUT2D eigenvalue weighted by Gasteiger charge is -2.26. The molecule has 2 rings (SSSR count). The molecule has 0 heterocycles. The summed E-state index contributed by atoms with van der Waals surface area (Å²) in [4.78, 5) is 47.4. The van der Waals surface area contributed by atoms with Gasteiger partial charge in [0.05, 0.1) is 13.1 Å². The fraction of sp³-hybridized carbons (Fsp3) is 0.231. The molecule has 0 bridgehead atoms. The molecule has 0 saturated heterocycles. The predicted molar refractivity (Wildman–Crippen MR) is 135 cm³/mol.